The molecule has 1 atom stereocenters. The van der Waals surface area contributed by atoms with Crippen LogP contribution in [-0.2, 0) is 4.79 Å². The van der Waals surface area contributed by atoms with Crippen LogP contribution in [0.5, 0.6) is 6.01 Å². The summed E-state index contributed by atoms with van der Waals surface area (Å²) in [6.07, 6.45) is 0.596. The Morgan fingerprint density at radius 3 is 2.83 bits per heavy atom. The van der Waals surface area contributed by atoms with Gasteiger partial charge in [-0.3, -0.25) is 0 Å². The zero-order valence-electron chi connectivity index (χ0n) is 10.5. The topological polar surface area (TPSA) is 81.0 Å². The van der Waals surface area contributed by atoms with Gasteiger partial charge < -0.3 is 15.5 Å². The first kappa shape index (κ1) is 12.6. The normalized spacial score (nSPS) is 12.9. The van der Waals surface area contributed by atoms with Crippen LogP contribution in [0.1, 0.15) is 20.3 Å². The molecule has 0 saturated heterocycles. The number of hydrogen-bond acceptors (Lipinski definition) is 4. The second-order valence-electron chi connectivity index (χ2n) is 4.72. The highest BCUT2D eigenvalue weighted by Crippen LogP contribution is 2.15. The fourth-order valence-electron chi connectivity index (χ4n) is 1.75. The van der Waals surface area contributed by atoms with Crippen molar-refractivity contribution in [3.63, 3.8) is 0 Å². The van der Waals surface area contributed by atoms with Crippen LogP contribution in [0.2, 0.25) is 0 Å². The molecule has 2 aromatic rings. The minimum atomic E-state index is -0.613. The largest absolute Gasteiger partial charge is 0.391 e. The lowest BCUT2D eigenvalue weighted by atomic mass is 10.1. The summed E-state index contributed by atoms with van der Waals surface area (Å²) >= 11 is 0. The summed E-state index contributed by atoms with van der Waals surface area (Å²) in [5.74, 6) is -0.106. The first-order chi connectivity index (χ1) is 8.56. The lowest BCUT2D eigenvalue weighted by molar-refractivity contribution is -0.136. The Bertz CT molecular complexity index is 515. The van der Waals surface area contributed by atoms with Crippen LogP contribution in [0.4, 0.5) is 0 Å². The van der Waals surface area contributed by atoms with Crippen LogP contribution in [-0.4, -0.2) is 22.0 Å². The molecule has 0 aliphatic carbocycles. The number of ether oxygens (including phenoxy) is 1. The van der Waals surface area contributed by atoms with Gasteiger partial charge in [0.1, 0.15) is 6.04 Å². The van der Waals surface area contributed by atoms with Gasteiger partial charge in [0, 0.05) is 0 Å². The van der Waals surface area contributed by atoms with E-state index in [1.807, 2.05) is 38.1 Å². The average molecular weight is 247 g/mol. The number of esters is 1. The summed E-state index contributed by atoms with van der Waals surface area (Å²) in [4.78, 5) is 18.8. The Hall–Kier alpha value is -1.88. The number of nitrogens with zero attached hydrogens (tertiary/aromatic N) is 1. The van der Waals surface area contributed by atoms with Gasteiger partial charge in [-0.25, -0.2) is 4.79 Å². The van der Waals surface area contributed by atoms with Gasteiger partial charge in [0.2, 0.25) is 0 Å². The Balaban J connectivity index is 2.06. The maximum atomic E-state index is 11.7. The third kappa shape index (κ3) is 2.87. The minimum Gasteiger partial charge on any atom is -0.391 e. The molecule has 0 spiro atoms. The van der Waals surface area contributed by atoms with Crippen molar-refractivity contribution < 1.29 is 9.53 Å². The maximum Gasteiger partial charge on any atom is 0.330 e. The molecule has 0 radical (unpaired) electrons. The molecule has 0 aliphatic heterocycles. The molecule has 96 valence electrons. The molecule has 2 rings (SSSR count). The Labute approximate surface area is 105 Å². The number of nitrogens with one attached hydrogen (secondary N) is 1. The molecule has 1 aromatic heterocycles. The van der Waals surface area contributed by atoms with Crippen molar-refractivity contribution in [1.29, 1.82) is 0 Å². The van der Waals surface area contributed by atoms with Crippen LogP contribution in [0.3, 0.4) is 0 Å². The summed E-state index contributed by atoms with van der Waals surface area (Å²) in [6, 6.07) is 7.06. The molecular formula is C13H17N3O2. The lowest BCUT2D eigenvalue weighted by Crippen LogP contribution is -2.35. The highest BCUT2D eigenvalue weighted by atomic mass is 16.5. The number of H-pyrrole nitrogens is 1. The predicted molar refractivity (Wildman–Crippen MR) is 69.2 cm³/mol. The standard InChI is InChI=1S/C13H17N3O2/c1-8(2)7-9(14)12(17)18-13-15-10-5-3-4-6-11(10)16-13/h3-6,8-9H,7,14H2,1-2H3,(H,15,16)/t9-/m1/s1. The van der Waals surface area contributed by atoms with Gasteiger partial charge in [-0.05, 0) is 24.5 Å². The van der Waals surface area contributed by atoms with Crippen LogP contribution in [0, 0.1) is 5.92 Å². The van der Waals surface area contributed by atoms with E-state index in [1.54, 1.807) is 0 Å². The molecule has 0 aliphatic rings. The van der Waals surface area contributed by atoms with E-state index >= 15 is 0 Å². The van der Waals surface area contributed by atoms with Gasteiger partial charge in [-0.1, -0.05) is 26.0 Å². The van der Waals surface area contributed by atoms with Crippen molar-refractivity contribution in [2.24, 2.45) is 11.7 Å². The fraction of sp³-hybridized carbons (Fsp3) is 0.385. The fourth-order valence-corrected chi connectivity index (χ4v) is 1.75. The second kappa shape index (κ2) is 5.18. The van der Waals surface area contributed by atoms with Crippen molar-refractivity contribution in [2.75, 3.05) is 0 Å². The third-order valence-electron chi connectivity index (χ3n) is 2.59. The van der Waals surface area contributed by atoms with E-state index in [-0.39, 0.29) is 6.01 Å². The van der Waals surface area contributed by atoms with Crippen LogP contribution >= 0.6 is 0 Å². The molecule has 5 nitrogen and oxygen atoms in total. The zero-order chi connectivity index (χ0) is 13.1. The number of carbonyl (C=O) groups excluding carboxylic acids is 1. The van der Waals surface area contributed by atoms with E-state index in [4.69, 9.17) is 10.5 Å². The van der Waals surface area contributed by atoms with Crippen LogP contribution in [0.15, 0.2) is 24.3 Å². The highest BCUT2D eigenvalue weighted by molar-refractivity contribution is 5.79. The zero-order valence-corrected chi connectivity index (χ0v) is 10.5. The Kier molecular flexibility index (Phi) is 3.62. The number of aromatic nitrogens is 2. The van der Waals surface area contributed by atoms with Crippen molar-refractivity contribution in [3.05, 3.63) is 24.3 Å². The van der Waals surface area contributed by atoms with Crippen molar-refractivity contribution in [1.82, 2.24) is 9.97 Å². The Morgan fingerprint density at radius 1 is 1.44 bits per heavy atom. The summed E-state index contributed by atoms with van der Waals surface area (Å²) in [5, 5.41) is 0. The molecule has 0 amide bonds. The van der Waals surface area contributed by atoms with E-state index in [2.05, 4.69) is 9.97 Å². The summed E-state index contributed by atoms with van der Waals surface area (Å²) in [7, 11) is 0. The average Bonchev–Trinajstić information content (AvgIpc) is 2.69. The first-order valence-electron chi connectivity index (χ1n) is 5.98. The number of benzene rings is 1. The highest BCUT2D eigenvalue weighted by Gasteiger charge is 2.18. The number of carbonyl (C=O) groups is 1. The molecule has 0 saturated carbocycles. The molecule has 0 unspecified atom stereocenters. The quantitative estimate of drug-likeness (QED) is 0.808. The van der Waals surface area contributed by atoms with Gasteiger partial charge in [0.15, 0.2) is 0 Å². The molecule has 5 heteroatoms. The lowest BCUT2D eigenvalue weighted by Gasteiger charge is -2.11. The van der Waals surface area contributed by atoms with Crippen molar-refractivity contribution in [3.8, 4) is 6.01 Å². The van der Waals surface area contributed by atoms with Gasteiger partial charge in [-0.2, -0.15) is 4.98 Å². The summed E-state index contributed by atoms with van der Waals surface area (Å²) in [6.45, 7) is 4.02. The Morgan fingerprint density at radius 2 is 2.17 bits per heavy atom. The predicted octanol–water partition coefficient (Wildman–Crippen LogP) is 1.84. The number of fused-ring (bicyclic) bond motifs is 1. The summed E-state index contributed by atoms with van der Waals surface area (Å²) in [5.41, 5.74) is 7.34. The second-order valence-corrected chi connectivity index (χ2v) is 4.72. The van der Waals surface area contributed by atoms with Crippen molar-refractivity contribution >= 4 is 17.0 Å². The van der Waals surface area contributed by atoms with Gasteiger partial charge >= 0.3 is 12.0 Å². The van der Waals surface area contributed by atoms with E-state index in [0.717, 1.165) is 11.0 Å². The SMILES string of the molecule is CC(C)C[C@@H](N)C(=O)Oc1nc2ccccc2[nH]1. The minimum absolute atomic E-state index is 0.195. The smallest absolute Gasteiger partial charge is 0.330 e. The van der Waals surface area contributed by atoms with Gasteiger partial charge in [-0.15, -0.1) is 0 Å². The molecule has 3 N–H and O–H groups in total. The van der Waals surface area contributed by atoms with E-state index in [9.17, 15) is 4.79 Å². The van der Waals surface area contributed by atoms with Gasteiger partial charge in [0.25, 0.3) is 0 Å². The number of nitrogens with two attached hydrogens (primary N) is 1. The van der Waals surface area contributed by atoms with E-state index in [1.165, 1.54) is 0 Å². The monoisotopic (exact) mass is 247 g/mol. The third-order valence-corrected chi connectivity index (χ3v) is 2.59. The number of para-hydroxylation sites is 2. The number of rotatable bonds is 4. The first-order valence-corrected chi connectivity index (χ1v) is 5.98. The molecule has 1 aromatic carbocycles. The van der Waals surface area contributed by atoms with E-state index < -0.39 is 12.0 Å². The number of aromatic amines is 1. The summed E-state index contributed by atoms with van der Waals surface area (Å²) < 4.78 is 5.13. The molecule has 0 bridgehead atoms. The van der Waals surface area contributed by atoms with Crippen LogP contribution < -0.4 is 10.5 Å². The number of imidazole rings is 1. The van der Waals surface area contributed by atoms with Crippen molar-refractivity contribution in [2.45, 2.75) is 26.3 Å². The molecule has 1 heterocycles. The van der Waals surface area contributed by atoms with Gasteiger partial charge in [0.05, 0.1) is 11.0 Å². The van der Waals surface area contributed by atoms with E-state index in [0.29, 0.717) is 12.3 Å². The van der Waals surface area contributed by atoms with Crippen LogP contribution in [0.25, 0.3) is 11.0 Å². The number of hydrogen-bond donors (Lipinski definition) is 2. The molecule has 18 heavy (non-hydrogen) atoms. The molecular weight excluding hydrogens is 230 g/mol. The maximum absolute atomic E-state index is 11.7. The molecule has 0 fully saturated rings.